The number of nitrogens with zero attached hydrogens (tertiary/aromatic N) is 1. The standard InChI is InChI=1S/C27H56NO6P/c1-6-7-8-9-10-11-12-13-14-15-16-17-18-19-22-32-25-27(34-26(2)29)20-24-35(30,31)33-23-21-28(3,4)5/h27H,6-25H2,1-5H3. The largest absolute Gasteiger partial charge is 0.778 e. The van der Waals surface area contributed by atoms with Gasteiger partial charge in [-0.3, -0.25) is 4.79 Å². The second-order valence-electron chi connectivity index (χ2n) is 10.9. The molecule has 0 N–H and O–H groups in total. The Morgan fingerprint density at radius 2 is 1.31 bits per heavy atom. The Kier molecular flexibility index (Phi) is 21.3. The van der Waals surface area contributed by atoms with Crippen LogP contribution < -0.4 is 4.89 Å². The van der Waals surface area contributed by atoms with Crippen molar-refractivity contribution in [3.8, 4) is 0 Å². The molecule has 0 saturated heterocycles. The van der Waals surface area contributed by atoms with Gasteiger partial charge in [0.1, 0.15) is 26.9 Å². The summed E-state index contributed by atoms with van der Waals surface area (Å²) < 4.78 is 28.8. The third-order valence-corrected chi connectivity index (χ3v) is 7.44. The van der Waals surface area contributed by atoms with Crippen LogP contribution >= 0.6 is 7.60 Å². The molecule has 0 amide bonds. The lowest BCUT2D eigenvalue weighted by molar-refractivity contribution is -0.870. The SMILES string of the molecule is CCCCCCCCCCCCCCCCOCC(CCP(=O)([O-])OCC[N+](C)(C)C)OC(C)=O. The third kappa shape index (κ3) is 26.4. The molecule has 2 unspecified atom stereocenters. The molecule has 0 rings (SSSR count). The van der Waals surface area contributed by atoms with Crippen LogP contribution in [0.25, 0.3) is 0 Å². The van der Waals surface area contributed by atoms with Crippen molar-refractivity contribution < 1.29 is 32.7 Å². The zero-order valence-electron chi connectivity index (χ0n) is 23.6. The predicted molar refractivity (Wildman–Crippen MR) is 143 cm³/mol. The molecule has 0 heterocycles. The molecule has 0 aliphatic heterocycles. The van der Waals surface area contributed by atoms with Crippen molar-refractivity contribution in [1.82, 2.24) is 0 Å². The molecule has 0 aliphatic carbocycles. The molecule has 0 aliphatic rings. The number of likely N-dealkylation sites (N-methyl/N-ethyl adjacent to an activating group) is 1. The molecule has 35 heavy (non-hydrogen) atoms. The van der Waals surface area contributed by atoms with Crippen LogP contribution in [0.15, 0.2) is 0 Å². The molecular formula is C27H56NO6P. The van der Waals surface area contributed by atoms with E-state index in [1.807, 2.05) is 21.1 Å². The van der Waals surface area contributed by atoms with Gasteiger partial charge in [-0.25, -0.2) is 0 Å². The highest BCUT2D eigenvalue weighted by molar-refractivity contribution is 7.51. The lowest BCUT2D eigenvalue weighted by Gasteiger charge is -2.28. The van der Waals surface area contributed by atoms with Gasteiger partial charge in [-0.2, -0.15) is 0 Å². The minimum atomic E-state index is -3.96. The number of rotatable bonds is 25. The lowest BCUT2D eigenvalue weighted by atomic mass is 10.0. The van der Waals surface area contributed by atoms with Crippen LogP contribution in [0, 0.1) is 0 Å². The van der Waals surface area contributed by atoms with Gasteiger partial charge in [0, 0.05) is 19.7 Å². The van der Waals surface area contributed by atoms with Crippen molar-refractivity contribution >= 4 is 13.6 Å². The number of hydrogen-bond donors (Lipinski definition) is 0. The smallest absolute Gasteiger partial charge is 0.302 e. The number of hydrogen-bond acceptors (Lipinski definition) is 6. The number of ether oxygens (including phenoxy) is 2. The normalized spacial score (nSPS) is 14.6. The van der Waals surface area contributed by atoms with Gasteiger partial charge in [-0.1, -0.05) is 90.4 Å². The summed E-state index contributed by atoms with van der Waals surface area (Å²) in [6.07, 6.45) is 17.8. The van der Waals surface area contributed by atoms with Crippen LogP contribution in [0.3, 0.4) is 0 Å². The summed E-state index contributed by atoms with van der Waals surface area (Å²) in [5.74, 6) is -0.429. The van der Waals surface area contributed by atoms with E-state index < -0.39 is 19.7 Å². The average Bonchev–Trinajstić information content (AvgIpc) is 2.75. The van der Waals surface area contributed by atoms with Crippen LogP contribution in [0.2, 0.25) is 0 Å². The Labute approximate surface area is 216 Å². The van der Waals surface area contributed by atoms with Crippen LogP contribution in [0.4, 0.5) is 0 Å². The van der Waals surface area contributed by atoms with Gasteiger partial charge < -0.3 is 27.9 Å². The summed E-state index contributed by atoms with van der Waals surface area (Å²) in [4.78, 5) is 23.5. The molecule has 0 saturated carbocycles. The molecular weight excluding hydrogens is 465 g/mol. The number of quaternary nitrogens is 1. The van der Waals surface area contributed by atoms with E-state index in [1.165, 1.54) is 84.0 Å². The molecule has 0 bridgehead atoms. The van der Waals surface area contributed by atoms with Gasteiger partial charge in [0.15, 0.2) is 0 Å². The summed E-state index contributed by atoms with van der Waals surface area (Å²) >= 11 is 0. The van der Waals surface area contributed by atoms with E-state index in [2.05, 4.69) is 6.92 Å². The quantitative estimate of drug-likeness (QED) is 0.0626. The van der Waals surface area contributed by atoms with Gasteiger partial charge in [-0.05, 0) is 12.8 Å². The van der Waals surface area contributed by atoms with Gasteiger partial charge >= 0.3 is 5.97 Å². The summed E-state index contributed by atoms with van der Waals surface area (Å²) in [5, 5.41) is 0. The van der Waals surface area contributed by atoms with Crippen molar-refractivity contribution in [2.75, 3.05) is 53.7 Å². The molecule has 8 heteroatoms. The molecule has 0 aromatic carbocycles. The maximum atomic E-state index is 12.1. The van der Waals surface area contributed by atoms with Crippen molar-refractivity contribution in [2.24, 2.45) is 0 Å². The fraction of sp³-hybridized carbons (Fsp3) is 0.963. The predicted octanol–water partition coefficient (Wildman–Crippen LogP) is 6.08. The van der Waals surface area contributed by atoms with Gasteiger partial charge in [0.2, 0.25) is 0 Å². The first-order chi connectivity index (χ1) is 16.6. The summed E-state index contributed by atoms with van der Waals surface area (Å²) in [6.45, 7) is 5.16. The van der Waals surface area contributed by atoms with E-state index in [0.717, 1.165) is 12.8 Å². The van der Waals surface area contributed by atoms with E-state index >= 15 is 0 Å². The van der Waals surface area contributed by atoms with E-state index in [0.29, 0.717) is 17.6 Å². The second-order valence-corrected chi connectivity index (χ2v) is 12.8. The highest BCUT2D eigenvalue weighted by Crippen LogP contribution is 2.38. The van der Waals surface area contributed by atoms with Crippen LogP contribution in [0.5, 0.6) is 0 Å². The minimum absolute atomic E-state index is 0.151. The fourth-order valence-corrected chi connectivity index (χ4v) is 4.94. The molecule has 0 radical (unpaired) electrons. The van der Waals surface area contributed by atoms with Crippen molar-refractivity contribution in [1.29, 1.82) is 0 Å². The lowest BCUT2D eigenvalue weighted by Crippen LogP contribution is -2.37. The molecule has 0 aromatic rings. The highest BCUT2D eigenvalue weighted by Gasteiger charge is 2.18. The Bertz CT molecular complexity index is 552. The highest BCUT2D eigenvalue weighted by atomic mass is 31.2. The van der Waals surface area contributed by atoms with E-state index in [9.17, 15) is 14.3 Å². The topological polar surface area (TPSA) is 84.9 Å². The van der Waals surface area contributed by atoms with E-state index in [1.54, 1.807) is 0 Å². The molecule has 7 nitrogen and oxygen atoms in total. The molecule has 210 valence electrons. The number of carbonyl (C=O) groups excluding carboxylic acids is 1. The zero-order chi connectivity index (χ0) is 26.4. The van der Waals surface area contributed by atoms with Crippen molar-refractivity contribution in [2.45, 2.75) is 116 Å². The maximum Gasteiger partial charge on any atom is 0.302 e. The summed E-state index contributed by atoms with van der Waals surface area (Å²) in [6, 6.07) is 0. The van der Waals surface area contributed by atoms with Gasteiger partial charge in [0.25, 0.3) is 0 Å². The minimum Gasteiger partial charge on any atom is -0.778 e. The summed E-state index contributed by atoms with van der Waals surface area (Å²) in [7, 11) is 1.97. The van der Waals surface area contributed by atoms with Crippen molar-refractivity contribution in [3.63, 3.8) is 0 Å². The first-order valence-corrected chi connectivity index (χ1v) is 15.8. The average molecular weight is 522 g/mol. The number of esters is 1. The third-order valence-electron chi connectivity index (χ3n) is 6.05. The Morgan fingerprint density at radius 3 is 1.77 bits per heavy atom. The number of carbonyl (C=O) groups is 1. The molecule has 2 atom stereocenters. The van der Waals surface area contributed by atoms with E-state index in [-0.39, 0.29) is 25.8 Å². The van der Waals surface area contributed by atoms with Crippen LogP contribution in [0.1, 0.15) is 110 Å². The monoisotopic (exact) mass is 521 g/mol. The molecule has 0 spiro atoms. The second kappa shape index (κ2) is 21.6. The fourth-order valence-electron chi connectivity index (χ4n) is 3.84. The first kappa shape index (κ1) is 34.5. The van der Waals surface area contributed by atoms with Gasteiger partial charge in [0.05, 0.1) is 27.7 Å². The Hall–Kier alpha value is -0.460. The van der Waals surface area contributed by atoms with Crippen molar-refractivity contribution in [3.05, 3.63) is 0 Å². The Balaban J connectivity index is 3.77. The molecule has 0 aromatic heterocycles. The van der Waals surface area contributed by atoms with Crippen LogP contribution in [-0.2, 0) is 23.4 Å². The zero-order valence-corrected chi connectivity index (χ0v) is 24.5. The van der Waals surface area contributed by atoms with E-state index in [4.69, 9.17) is 14.0 Å². The maximum absolute atomic E-state index is 12.1. The summed E-state index contributed by atoms with van der Waals surface area (Å²) in [5.41, 5.74) is 0. The Morgan fingerprint density at radius 1 is 0.829 bits per heavy atom. The number of unbranched alkanes of at least 4 members (excludes halogenated alkanes) is 13. The first-order valence-electron chi connectivity index (χ1n) is 14.1. The van der Waals surface area contributed by atoms with Crippen LogP contribution in [-0.4, -0.2) is 70.2 Å². The molecule has 0 fully saturated rings. The van der Waals surface area contributed by atoms with Gasteiger partial charge in [-0.15, -0.1) is 0 Å².